The number of carbonyl (C=O) groups excluding carboxylic acids is 2. The number of halogens is 2. The Morgan fingerprint density at radius 1 is 1.02 bits per heavy atom. The molecule has 6 nitrogen and oxygen atoms in total. The second kappa shape index (κ2) is 12.6. The summed E-state index contributed by atoms with van der Waals surface area (Å²) in [7, 11) is 1.55. The van der Waals surface area contributed by atoms with E-state index in [2.05, 4.69) is 5.32 Å². The van der Waals surface area contributed by atoms with Crippen LogP contribution in [-0.2, 0) is 11.4 Å². The lowest BCUT2D eigenvalue weighted by molar-refractivity contribution is -0.113. The van der Waals surface area contributed by atoms with Crippen molar-refractivity contribution < 1.29 is 23.5 Å². The highest BCUT2D eigenvalue weighted by atomic mass is 35.5. The van der Waals surface area contributed by atoms with Crippen LogP contribution in [0.5, 0.6) is 11.5 Å². The predicted molar refractivity (Wildman–Crippen MR) is 165 cm³/mol. The van der Waals surface area contributed by atoms with Gasteiger partial charge in [-0.15, -0.1) is 0 Å². The lowest BCUT2D eigenvalue weighted by atomic mass is 10.1. The molecule has 2 amide bonds. The predicted octanol–water partition coefficient (Wildman–Crippen LogP) is 7.72. The second-order valence-corrected chi connectivity index (χ2v) is 11.0. The van der Waals surface area contributed by atoms with E-state index in [4.69, 9.17) is 33.3 Å². The van der Waals surface area contributed by atoms with Gasteiger partial charge in [0.25, 0.3) is 11.8 Å². The molecule has 1 aliphatic heterocycles. The third-order valence-corrected chi connectivity index (χ3v) is 7.61. The zero-order valence-electron chi connectivity index (χ0n) is 21.6. The van der Waals surface area contributed by atoms with E-state index in [1.807, 2.05) is 18.2 Å². The topological polar surface area (TPSA) is 67.9 Å². The minimum absolute atomic E-state index is 0.307. The first-order valence-corrected chi connectivity index (χ1v) is 13.9. The van der Waals surface area contributed by atoms with Gasteiger partial charge in [-0.2, -0.15) is 0 Å². The van der Waals surface area contributed by atoms with Crippen LogP contribution in [-0.4, -0.2) is 23.2 Å². The van der Waals surface area contributed by atoms with Gasteiger partial charge in [0.1, 0.15) is 12.4 Å². The largest absolute Gasteiger partial charge is 0.493 e. The van der Waals surface area contributed by atoms with Crippen molar-refractivity contribution in [3.8, 4) is 11.5 Å². The standard InChI is InChI=1S/C31H22ClFN2O4S2/c1-38-27-15-20(7-14-26(27)39-18-19-5-8-22(32)9-6-19)16-28-30(37)35(31(40)41-28)25-4-2-3-21(17-25)29(36)34-24-12-10-23(33)11-13-24/h2-17H,18H2,1H3,(H,34,36)/b28-16+. The molecule has 1 aliphatic rings. The smallest absolute Gasteiger partial charge is 0.270 e. The number of benzene rings is 4. The number of methoxy groups -OCH3 is 1. The fourth-order valence-corrected chi connectivity index (χ4v) is 5.42. The number of nitrogens with zero attached hydrogens (tertiary/aromatic N) is 1. The van der Waals surface area contributed by atoms with Crippen molar-refractivity contribution in [3.05, 3.63) is 123 Å². The van der Waals surface area contributed by atoms with Crippen LogP contribution in [0.2, 0.25) is 5.02 Å². The Balaban J connectivity index is 1.31. The summed E-state index contributed by atoms with van der Waals surface area (Å²) >= 11 is 12.6. The summed E-state index contributed by atoms with van der Waals surface area (Å²) in [5.74, 6) is -0.0294. The summed E-state index contributed by atoms with van der Waals surface area (Å²) in [5, 5.41) is 3.37. The molecule has 0 aliphatic carbocycles. The Kier molecular flexibility index (Phi) is 8.68. The maximum absolute atomic E-state index is 13.4. The van der Waals surface area contributed by atoms with Crippen LogP contribution in [0.1, 0.15) is 21.5 Å². The van der Waals surface area contributed by atoms with Gasteiger partial charge in [0, 0.05) is 16.3 Å². The molecule has 4 aromatic carbocycles. The van der Waals surface area contributed by atoms with Crippen molar-refractivity contribution in [3.63, 3.8) is 0 Å². The lowest BCUT2D eigenvalue weighted by Gasteiger charge is -2.15. The van der Waals surface area contributed by atoms with Gasteiger partial charge in [0.2, 0.25) is 0 Å². The normalized spacial score (nSPS) is 13.9. The van der Waals surface area contributed by atoms with E-state index in [0.717, 1.165) is 11.1 Å². The van der Waals surface area contributed by atoms with Crippen LogP contribution in [0.3, 0.4) is 0 Å². The van der Waals surface area contributed by atoms with E-state index in [0.29, 0.717) is 49.3 Å². The number of amides is 2. The molecule has 4 aromatic rings. The third kappa shape index (κ3) is 6.77. The number of ether oxygens (including phenoxy) is 2. The van der Waals surface area contributed by atoms with Gasteiger partial charge < -0.3 is 14.8 Å². The molecule has 1 fully saturated rings. The van der Waals surface area contributed by atoms with E-state index in [1.165, 1.54) is 40.9 Å². The zero-order chi connectivity index (χ0) is 28.9. The first kappa shape index (κ1) is 28.4. The summed E-state index contributed by atoms with van der Waals surface area (Å²) < 4.78 is 25.0. The first-order valence-electron chi connectivity index (χ1n) is 12.3. The van der Waals surface area contributed by atoms with Crippen molar-refractivity contribution in [1.82, 2.24) is 0 Å². The summed E-state index contributed by atoms with van der Waals surface area (Å²) in [6, 6.07) is 24.8. The maximum Gasteiger partial charge on any atom is 0.270 e. The van der Waals surface area contributed by atoms with Gasteiger partial charge in [-0.3, -0.25) is 14.5 Å². The molecule has 0 bridgehead atoms. The van der Waals surface area contributed by atoms with Crippen LogP contribution < -0.4 is 19.7 Å². The molecule has 0 saturated carbocycles. The number of hydrogen-bond donors (Lipinski definition) is 1. The maximum atomic E-state index is 13.4. The Morgan fingerprint density at radius 3 is 2.51 bits per heavy atom. The number of thiocarbonyl (C=S) groups is 1. The zero-order valence-corrected chi connectivity index (χ0v) is 24.0. The van der Waals surface area contributed by atoms with Gasteiger partial charge in [0.05, 0.1) is 17.7 Å². The molecule has 1 N–H and O–H groups in total. The number of thioether (sulfide) groups is 1. The van der Waals surface area contributed by atoms with Crippen LogP contribution in [0.15, 0.2) is 95.9 Å². The SMILES string of the molecule is COc1cc(/C=C2/SC(=S)N(c3cccc(C(=O)Nc4ccc(F)cc4)c3)C2=O)ccc1OCc1ccc(Cl)cc1. The summed E-state index contributed by atoms with van der Waals surface area (Å²) in [6.45, 7) is 0.340. The third-order valence-electron chi connectivity index (χ3n) is 6.06. The Labute approximate surface area is 250 Å². The molecule has 1 saturated heterocycles. The Morgan fingerprint density at radius 2 is 1.78 bits per heavy atom. The van der Waals surface area contributed by atoms with Gasteiger partial charge in [-0.05, 0) is 83.9 Å². The highest BCUT2D eigenvalue weighted by molar-refractivity contribution is 8.27. The fraction of sp³-hybridized carbons (Fsp3) is 0.0645. The van der Waals surface area contributed by atoms with Crippen LogP contribution in [0, 0.1) is 5.82 Å². The number of rotatable bonds is 8. The molecule has 0 radical (unpaired) electrons. The second-order valence-electron chi connectivity index (χ2n) is 8.85. The van der Waals surface area contributed by atoms with Crippen LogP contribution in [0.25, 0.3) is 6.08 Å². The quantitative estimate of drug-likeness (QED) is 0.164. The summed E-state index contributed by atoms with van der Waals surface area (Å²) in [4.78, 5) is 28.0. The Bertz CT molecular complexity index is 1660. The van der Waals surface area contributed by atoms with Gasteiger partial charge in [0.15, 0.2) is 15.8 Å². The van der Waals surface area contributed by atoms with Crippen LogP contribution in [0.4, 0.5) is 15.8 Å². The molecule has 0 unspecified atom stereocenters. The highest BCUT2D eigenvalue weighted by Crippen LogP contribution is 2.37. The minimum Gasteiger partial charge on any atom is -0.493 e. The van der Waals surface area contributed by atoms with E-state index in [9.17, 15) is 14.0 Å². The minimum atomic E-state index is -0.399. The van der Waals surface area contributed by atoms with Crippen molar-refractivity contribution >= 4 is 69.2 Å². The number of hydrogen-bond acceptors (Lipinski definition) is 6. The number of nitrogens with one attached hydrogen (secondary N) is 1. The number of carbonyl (C=O) groups is 2. The van der Waals surface area contributed by atoms with E-state index < -0.39 is 11.7 Å². The molecule has 41 heavy (non-hydrogen) atoms. The molecule has 0 spiro atoms. The molecule has 5 rings (SSSR count). The van der Waals surface area contributed by atoms with E-state index >= 15 is 0 Å². The van der Waals surface area contributed by atoms with Crippen LogP contribution >= 0.6 is 35.6 Å². The average molecular weight is 605 g/mol. The van der Waals surface area contributed by atoms with Gasteiger partial charge in [-0.25, -0.2) is 4.39 Å². The number of anilines is 2. The fourth-order valence-electron chi connectivity index (χ4n) is 4.00. The molecular weight excluding hydrogens is 583 g/mol. The van der Waals surface area contributed by atoms with Crippen molar-refractivity contribution in [1.29, 1.82) is 0 Å². The van der Waals surface area contributed by atoms with Gasteiger partial charge in [-0.1, -0.05) is 59.8 Å². The van der Waals surface area contributed by atoms with Crippen molar-refractivity contribution in [2.45, 2.75) is 6.61 Å². The highest BCUT2D eigenvalue weighted by Gasteiger charge is 2.33. The van der Waals surface area contributed by atoms with Crippen molar-refractivity contribution in [2.75, 3.05) is 17.3 Å². The molecule has 1 heterocycles. The lowest BCUT2D eigenvalue weighted by Crippen LogP contribution is -2.27. The first-order chi connectivity index (χ1) is 19.8. The van der Waals surface area contributed by atoms with Crippen molar-refractivity contribution in [2.24, 2.45) is 0 Å². The van der Waals surface area contributed by atoms with Gasteiger partial charge >= 0.3 is 0 Å². The molecule has 0 aromatic heterocycles. The van der Waals surface area contributed by atoms with E-state index in [-0.39, 0.29) is 5.91 Å². The van der Waals surface area contributed by atoms with E-state index in [1.54, 1.807) is 61.7 Å². The average Bonchev–Trinajstić information content (AvgIpc) is 3.26. The molecule has 206 valence electrons. The monoisotopic (exact) mass is 604 g/mol. The molecule has 0 atom stereocenters. The molecule has 10 heteroatoms. The molecular formula is C31H22ClFN2O4S2. The Hall–Kier alpha value is -4.18. The summed E-state index contributed by atoms with van der Waals surface area (Å²) in [6.07, 6.45) is 1.73. The summed E-state index contributed by atoms with van der Waals surface area (Å²) in [5.41, 5.74) is 2.93.